The molecule has 1 aromatic heterocycles. The van der Waals surface area contributed by atoms with Gasteiger partial charge in [-0.2, -0.15) is 9.97 Å². The highest BCUT2D eigenvalue weighted by molar-refractivity contribution is 7.90. The number of hydrogen-bond donors (Lipinski definition) is 1. The van der Waals surface area contributed by atoms with E-state index >= 15 is 0 Å². The molecule has 196 valence electrons. The van der Waals surface area contributed by atoms with E-state index in [2.05, 4.69) is 15.3 Å². The van der Waals surface area contributed by atoms with Gasteiger partial charge in [-0.25, -0.2) is 8.42 Å². The van der Waals surface area contributed by atoms with Crippen molar-refractivity contribution in [2.45, 2.75) is 24.5 Å². The summed E-state index contributed by atoms with van der Waals surface area (Å²) >= 11 is 0. The first-order valence-electron chi connectivity index (χ1n) is 11.1. The number of carbonyl (C=O) groups is 1. The van der Waals surface area contributed by atoms with E-state index in [-0.39, 0.29) is 30.4 Å². The second-order valence-corrected chi connectivity index (χ2v) is 10.2. The summed E-state index contributed by atoms with van der Waals surface area (Å²) < 4.78 is 35.6. The van der Waals surface area contributed by atoms with Crippen LogP contribution >= 0.6 is 0 Å². The van der Waals surface area contributed by atoms with Crippen molar-refractivity contribution in [1.29, 1.82) is 0 Å². The fourth-order valence-corrected chi connectivity index (χ4v) is 3.77. The summed E-state index contributed by atoms with van der Waals surface area (Å²) in [4.78, 5) is 32.5. The van der Waals surface area contributed by atoms with Crippen LogP contribution in [0.1, 0.15) is 17.5 Å². The zero-order chi connectivity index (χ0) is 27.2. The van der Waals surface area contributed by atoms with Crippen molar-refractivity contribution in [3.8, 4) is 17.4 Å². The molecular formula is C24H27N5O7S. The monoisotopic (exact) mass is 529 g/mol. The molecule has 1 heterocycles. The Labute approximate surface area is 214 Å². The van der Waals surface area contributed by atoms with Crippen LogP contribution in [0.25, 0.3) is 0 Å². The largest absolute Gasteiger partial charge is 0.497 e. The van der Waals surface area contributed by atoms with E-state index in [1.54, 1.807) is 50.5 Å². The Morgan fingerprint density at radius 2 is 1.76 bits per heavy atom. The Kier molecular flexibility index (Phi) is 8.60. The van der Waals surface area contributed by atoms with Crippen molar-refractivity contribution >= 4 is 27.2 Å². The van der Waals surface area contributed by atoms with Gasteiger partial charge in [-0.15, -0.1) is 0 Å². The predicted molar refractivity (Wildman–Crippen MR) is 136 cm³/mol. The minimum absolute atomic E-state index is 0.0800. The second-order valence-electron chi connectivity index (χ2n) is 8.28. The molecule has 37 heavy (non-hydrogen) atoms. The molecule has 0 unspecified atom stereocenters. The SMILES string of the molecule is COc1cc(CCC(=O)N(C)C)cc(Oc2nc(S(C)(=O)=O)nc(NCc3ccccc3)c2[N+](=O)[O-])c1. The van der Waals surface area contributed by atoms with Gasteiger partial charge in [0.15, 0.2) is 0 Å². The smallest absolute Gasteiger partial charge is 0.373 e. The fraction of sp³-hybridized carbons (Fsp3) is 0.292. The number of methoxy groups -OCH3 is 1. The maximum Gasteiger partial charge on any atom is 0.373 e. The van der Waals surface area contributed by atoms with E-state index in [0.717, 1.165) is 11.8 Å². The lowest BCUT2D eigenvalue weighted by Crippen LogP contribution is -2.21. The lowest BCUT2D eigenvalue weighted by atomic mass is 10.1. The molecule has 12 nitrogen and oxygen atoms in total. The van der Waals surface area contributed by atoms with Gasteiger partial charge in [0.1, 0.15) is 11.5 Å². The minimum atomic E-state index is -3.94. The number of aryl methyl sites for hydroxylation is 1. The molecule has 3 aromatic rings. The van der Waals surface area contributed by atoms with Gasteiger partial charge in [-0.3, -0.25) is 14.9 Å². The van der Waals surface area contributed by atoms with Crippen molar-refractivity contribution < 1.29 is 27.6 Å². The van der Waals surface area contributed by atoms with Crippen molar-refractivity contribution in [3.05, 3.63) is 69.8 Å². The van der Waals surface area contributed by atoms with Crippen LogP contribution in [-0.4, -0.2) is 61.6 Å². The molecule has 3 rings (SSSR count). The second kappa shape index (κ2) is 11.6. The first kappa shape index (κ1) is 27.3. The van der Waals surface area contributed by atoms with Gasteiger partial charge in [-0.1, -0.05) is 30.3 Å². The number of ether oxygens (including phenoxy) is 2. The molecule has 0 aliphatic carbocycles. The molecule has 13 heteroatoms. The number of anilines is 1. The summed E-state index contributed by atoms with van der Waals surface area (Å²) in [6, 6.07) is 13.8. The van der Waals surface area contributed by atoms with Crippen LogP contribution in [0.4, 0.5) is 11.5 Å². The lowest BCUT2D eigenvalue weighted by molar-refractivity contribution is -0.385. The molecule has 0 spiro atoms. The van der Waals surface area contributed by atoms with E-state index < -0.39 is 31.5 Å². The Bertz CT molecular complexity index is 1400. The summed E-state index contributed by atoms with van der Waals surface area (Å²) in [7, 11) is 0.799. The summed E-state index contributed by atoms with van der Waals surface area (Å²) in [5.74, 6) is -0.448. The number of rotatable bonds is 11. The molecule has 0 aliphatic heterocycles. The number of hydrogen-bond acceptors (Lipinski definition) is 10. The minimum Gasteiger partial charge on any atom is -0.497 e. The number of nitro groups is 1. The highest BCUT2D eigenvalue weighted by atomic mass is 32.2. The van der Waals surface area contributed by atoms with Gasteiger partial charge < -0.3 is 19.7 Å². The molecule has 0 atom stereocenters. The zero-order valence-electron chi connectivity index (χ0n) is 20.8. The molecule has 1 amide bonds. The number of aromatic nitrogens is 2. The predicted octanol–water partition coefficient (Wildman–Crippen LogP) is 3.22. The molecule has 2 aromatic carbocycles. The Balaban J connectivity index is 2.03. The van der Waals surface area contributed by atoms with Crippen LogP contribution in [0.2, 0.25) is 0 Å². The summed E-state index contributed by atoms with van der Waals surface area (Å²) in [5, 5.41) is 14.2. The first-order chi connectivity index (χ1) is 17.5. The number of carbonyl (C=O) groups excluding carboxylic acids is 1. The molecular weight excluding hydrogens is 502 g/mol. The average molecular weight is 530 g/mol. The van der Waals surface area contributed by atoms with Gasteiger partial charge >= 0.3 is 11.6 Å². The first-order valence-corrected chi connectivity index (χ1v) is 13.0. The van der Waals surface area contributed by atoms with Crippen LogP contribution in [-0.2, 0) is 27.6 Å². The maximum atomic E-state index is 12.3. The van der Waals surface area contributed by atoms with E-state index in [4.69, 9.17) is 9.47 Å². The van der Waals surface area contributed by atoms with Crippen LogP contribution in [0.15, 0.2) is 53.7 Å². The molecule has 0 fully saturated rings. The molecule has 1 N–H and O–H groups in total. The number of benzene rings is 2. The van der Waals surface area contributed by atoms with E-state index in [1.807, 2.05) is 6.07 Å². The standard InChI is InChI=1S/C24H27N5O7S/c1-28(2)20(30)11-10-17-12-18(35-3)14-19(13-17)36-23-21(29(31)32)22(26-24(27-23)37(4,33)34)25-15-16-8-6-5-7-9-16/h5-9,12-14H,10-11,15H2,1-4H3,(H,25,26,27). The van der Waals surface area contributed by atoms with E-state index in [0.29, 0.717) is 17.7 Å². The third-order valence-electron chi connectivity index (χ3n) is 5.16. The zero-order valence-corrected chi connectivity index (χ0v) is 21.6. The highest BCUT2D eigenvalue weighted by Gasteiger charge is 2.30. The average Bonchev–Trinajstić information content (AvgIpc) is 2.85. The van der Waals surface area contributed by atoms with Crippen LogP contribution < -0.4 is 14.8 Å². The van der Waals surface area contributed by atoms with Crippen molar-refractivity contribution in [2.75, 3.05) is 32.8 Å². The Morgan fingerprint density at radius 1 is 1.08 bits per heavy atom. The molecule has 0 radical (unpaired) electrons. The quantitative estimate of drug-likeness (QED) is 0.222. The molecule has 0 saturated carbocycles. The number of nitrogens with one attached hydrogen (secondary N) is 1. The van der Waals surface area contributed by atoms with E-state index in [1.165, 1.54) is 18.1 Å². The lowest BCUT2D eigenvalue weighted by Gasteiger charge is -2.14. The number of sulfone groups is 1. The number of nitrogens with zero attached hydrogens (tertiary/aromatic N) is 4. The van der Waals surface area contributed by atoms with Crippen molar-refractivity contribution in [1.82, 2.24) is 14.9 Å². The van der Waals surface area contributed by atoms with Gasteiger partial charge in [0.2, 0.25) is 21.6 Å². The summed E-state index contributed by atoms with van der Waals surface area (Å²) in [5.41, 5.74) is 0.839. The molecule has 0 bridgehead atoms. The van der Waals surface area contributed by atoms with Crippen molar-refractivity contribution in [2.24, 2.45) is 0 Å². The van der Waals surface area contributed by atoms with Gasteiger partial charge in [0.25, 0.3) is 5.16 Å². The van der Waals surface area contributed by atoms with Gasteiger partial charge in [0, 0.05) is 39.4 Å². The fourth-order valence-electron chi connectivity index (χ4n) is 3.26. The molecule has 0 aliphatic rings. The van der Waals surface area contributed by atoms with E-state index in [9.17, 15) is 23.3 Å². The Hall–Kier alpha value is -4.26. The van der Waals surface area contributed by atoms with Crippen molar-refractivity contribution in [3.63, 3.8) is 0 Å². The summed E-state index contributed by atoms with van der Waals surface area (Å²) in [6.45, 7) is 0.143. The van der Waals surface area contributed by atoms with Crippen LogP contribution in [0.5, 0.6) is 17.4 Å². The summed E-state index contributed by atoms with van der Waals surface area (Å²) in [6.07, 6.45) is 1.47. The number of amides is 1. The normalized spacial score (nSPS) is 11.0. The molecule has 0 saturated heterocycles. The van der Waals surface area contributed by atoms with Gasteiger partial charge in [0.05, 0.1) is 12.0 Å². The highest BCUT2D eigenvalue weighted by Crippen LogP contribution is 2.37. The van der Waals surface area contributed by atoms with Gasteiger partial charge in [-0.05, 0) is 29.7 Å². The van der Waals surface area contributed by atoms with Crippen LogP contribution in [0, 0.1) is 10.1 Å². The third kappa shape index (κ3) is 7.36. The van der Waals surface area contributed by atoms with Crippen LogP contribution in [0.3, 0.4) is 0 Å². The maximum absolute atomic E-state index is 12.3. The Morgan fingerprint density at radius 3 is 2.35 bits per heavy atom. The third-order valence-corrected chi connectivity index (χ3v) is 6.01. The topological polar surface area (TPSA) is 154 Å².